The molecule has 150 valence electrons. The first-order valence-corrected chi connectivity index (χ1v) is 10.9. The Balaban J connectivity index is 2.01. The summed E-state index contributed by atoms with van der Waals surface area (Å²) >= 11 is 23.7. The van der Waals surface area contributed by atoms with Crippen LogP contribution < -0.4 is 9.83 Å². The highest BCUT2D eigenvalue weighted by Crippen LogP contribution is 2.29. The van der Waals surface area contributed by atoms with Crippen molar-refractivity contribution in [3.05, 3.63) is 86.3 Å². The first-order valence-electron chi connectivity index (χ1n) is 7.95. The van der Waals surface area contributed by atoms with Crippen LogP contribution in [0.1, 0.15) is 5.56 Å². The molecule has 1 N–H and O–H groups in total. The summed E-state index contributed by atoms with van der Waals surface area (Å²) in [6.45, 7) is 0. The van der Waals surface area contributed by atoms with Crippen LogP contribution in [0.4, 0.5) is 11.4 Å². The smallest absolute Gasteiger partial charge is 0.263 e. The Bertz CT molecular complexity index is 1190. The Morgan fingerprint density at radius 1 is 0.862 bits per heavy atom. The summed E-state index contributed by atoms with van der Waals surface area (Å²) in [5.41, 5.74) is 0.304. The van der Waals surface area contributed by atoms with Crippen molar-refractivity contribution >= 4 is 73.7 Å². The maximum absolute atomic E-state index is 12.8. The number of sulfonamides is 1. The molecule has 0 aliphatic rings. The quantitative estimate of drug-likeness (QED) is 0.378. The zero-order chi connectivity index (χ0) is 21.2. The van der Waals surface area contributed by atoms with E-state index in [4.69, 9.17) is 46.4 Å². The first-order chi connectivity index (χ1) is 13.7. The molecule has 0 heterocycles. The second-order valence-corrected chi connectivity index (χ2v) is 9.14. The Morgan fingerprint density at radius 2 is 1.52 bits per heavy atom. The monoisotopic (exact) mass is 487 g/mol. The minimum absolute atomic E-state index is 0.0102. The lowest BCUT2D eigenvalue weighted by Crippen LogP contribution is -2.22. The second-order valence-electron chi connectivity index (χ2n) is 5.77. The van der Waals surface area contributed by atoms with Gasteiger partial charge >= 0.3 is 0 Å². The van der Waals surface area contributed by atoms with Crippen LogP contribution in [-0.2, 0) is 10.0 Å². The average Bonchev–Trinajstić information content (AvgIpc) is 2.63. The molecule has 0 fully saturated rings. The molecule has 0 aromatic heterocycles. The largest absolute Gasteiger partial charge is 0.858 e. The van der Waals surface area contributed by atoms with Crippen molar-refractivity contribution < 1.29 is 13.5 Å². The molecular formula is C19H11Cl4N2O3S-. The van der Waals surface area contributed by atoms with Crippen LogP contribution >= 0.6 is 46.4 Å². The molecule has 0 aliphatic carbocycles. The van der Waals surface area contributed by atoms with Crippen LogP contribution in [0.2, 0.25) is 20.1 Å². The van der Waals surface area contributed by atoms with E-state index in [1.807, 2.05) is 0 Å². The molecule has 0 saturated carbocycles. The topological polar surface area (TPSA) is 81.6 Å². The number of aliphatic imine (C=N–C) groups is 1. The van der Waals surface area contributed by atoms with Gasteiger partial charge in [-0.2, -0.15) is 0 Å². The second kappa shape index (κ2) is 8.81. The third-order valence-corrected chi connectivity index (χ3v) is 6.18. The number of para-hydroxylation sites is 1. The van der Waals surface area contributed by atoms with Crippen LogP contribution in [0, 0.1) is 0 Å². The van der Waals surface area contributed by atoms with E-state index in [1.165, 1.54) is 48.5 Å². The lowest BCUT2D eigenvalue weighted by molar-refractivity contribution is -0.212. The van der Waals surface area contributed by atoms with Gasteiger partial charge < -0.3 is 5.11 Å². The van der Waals surface area contributed by atoms with E-state index in [1.54, 1.807) is 12.1 Å². The summed E-state index contributed by atoms with van der Waals surface area (Å²) in [6.07, 6.45) is 0. The zero-order valence-corrected chi connectivity index (χ0v) is 18.2. The Hall–Kier alpha value is -1.96. The maximum Gasteiger partial charge on any atom is 0.263 e. The minimum Gasteiger partial charge on any atom is -0.858 e. The van der Waals surface area contributed by atoms with Gasteiger partial charge in [0.2, 0.25) is 0 Å². The SMILES string of the molecule is O=S(=O)(Nc1ccccc1C([O-])=Nc1cc(Cl)cc(Cl)c1)c1cc(Cl)ccc1Cl. The van der Waals surface area contributed by atoms with E-state index in [0.717, 1.165) is 0 Å². The van der Waals surface area contributed by atoms with Gasteiger partial charge in [0.1, 0.15) is 4.90 Å². The van der Waals surface area contributed by atoms with Gasteiger partial charge in [-0.1, -0.05) is 64.6 Å². The van der Waals surface area contributed by atoms with Crippen molar-refractivity contribution in [3.63, 3.8) is 0 Å². The van der Waals surface area contributed by atoms with Crippen LogP contribution in [0.25, 0.3) is 0 Å². The fourth-order valence-electron chi connectivity index (χ4n) is 2.42. The molecule has 3 aromatic carbocycles. The van der Waals surface area contributed by atoms with E-state index >= 15 is 0 Å². The zero-order valence-electron chi connectivity index (χ0n) is 14.4. The van der Waals surface area contributed by atoms with Crippen LogP contribution in [0.5, 0.6) is 0 Å². The first kappa shape index (κ1) is 21.7. The number of nitrogens with one attached hydrogen (secondary N) is 1. The molecule has 3 aromatic rings. The van der Waals surface area contributed by atoms with Gasteiger partial charge in [0.05, 0.1) is 16.4 Å². The number of halogens is 4. The van der Waals surface area contributed by atoms with Gasteiger partial charge in [-0.3, -0.25) is 9.71 Å². The molecule has 0 bridgehead atoms. The normalized spacial score (nSPS) is 12.1. The van der Waals surface area contributed by atoms with E-state index in [-0.39, 0.29) is 31.9 Å². The van der Waals surface area contributed by atoms with Gasteiger partial charge in [-0.25, -0.2) is 8.42 Å². The molecule has 0 spiro atoms. The molecule has 0 radical (unpaired) electrons. The van der Waals surface area contributed by atoms with Crippen molar-refractivity contribution in [2.75, 3.05) is 4.72 Å². The molecule has 0 amide bonds. The molecule has 29 heavy (non-hydrogen) atoms. The van der Waals surface area contributed by atoms with Crippen molar-refractivity contribution in [1.82, 2.24) is 0 Å². The number of nitrogens with zero attached hydrogens (tertiary/aromatic N) is 1. The predicted molar refractivity (Wildman–Crippen MR) is 116 cm³/mol. The lowest BCUT2D eigenvalue weighted by Gasteiger charge is -2.17. The van der Waals surface area contributed by atoms with E-state index in [2.05, 4.69) is 9.71 Å². The van der Waals surface area contributed by atoms with Crippen LogP contribution in [0.15, 0.2) is 70.6 Å². The van der Waals surface area contributed by atoms with Gasteiger partial charge in [-0.15, -0.1) is 0 Å². The molecule has 0 aliphatic heterocycles. The summed E-state index contributed by atoms with van der Waals surface area (Å²) in [4.78, 5) is 3.74. The summed E-state index contributed by atoms with van der Waals surface area (Å²) < 4.78 is 27.9. The third kappa shape index (κ3) is 5.35. The number of hydrogen-bond donors (Lipinski definition) is 1. The molecule has 0 atom stereocenters. The van der Waals surface area contributed by atoms with Gasteiger partial charge in [-0.05, 0) is 48.4 Å². The number of rotatable bonds is 5. The molecule has 10 heteroatoms. The fourth-order valence-corrected chi connectivity index (χ4v) is 4.78. The Morgan fingerprint density at radius 3 is 2.21 bits per heavy atom. The molecule has 0 saturated heterocycles. The maximum atomic E-state index is 12.8. The Labute approximate surface area is 187 Å². The van der Waals surface area contributed by atoms with Crippen molar-refractivity contribution in [1.29, 1.82) is 0 Å². The van der Waals surface area contributed by atoms with E-state index in [9.17, 15) is 13.5 Å². The molecular weight excluding hydrogens is 478 g/mol. The van der Waals surface area contributed by atoms with Crippen molar-refractivity contribution in [2.24, 2.45) is 4.99 Å². The molecule has 5 nitrogen and oxygen atoms in total. The van der Waals surface area contributed by atoms with Gasteiger partial charge in [0, 0.05) is 20.6 Å². The van der Waals surface area contributed by atoms with Gasteiger partial charge in [0.15, 0.2) is 0 Å². The average molecular weight is 489 g/mol. The molecule has 0 unspecified atom stereocenters. The predicted octanol–water partition coefficient (Wildman–Crippen LogP) is 5.54. The summed E-state index contributed by atoms with van der Waals surface area (Å²) in [6, 6.07) is 14.5. The fraction of sp³-hybridized carbons (Fsp3) is 0. The highest BCUT2D eigenvalue weighted by molar-refractivity contribution is 7.92. The van der Waals surface area contributed by atoms with Crippen LogP contribution in [0.3, 0.4) is 0 Å². The summed E-state index contributed by atoms with van der Waals surface area (Å²) in [7, 11) is -4.11. The summed E-state index contributed by atoms with van der Waals surface area (Å²) in [5, 5.41) is 13.5. The molecule has 3 rings (SSSR count). The van der Waals surface area contributed by atoms with Crippen LogP contribution in [-0.4, -0.2) is 14.3 Å². The lowest BCUT2D eigenvalue weighted by atomic mass is 10.2. The third-order valence-electron chi connectivity index (χ3n) is 3.66. The van der Waals surface area contributed by atoms with E-state index < -0.39 is 15.9 Å². The van der Waals surface area contributed by atoms with Crippen molar-refractivity contribution in [2.45, 2.75) is 4.90 Å². The summed E-state index contributed by atoms with van der Waals surface area (Å²) in [5.74, 6) is -0.682. The highest BCUT2D eigenvalue weighted by Gasteiger charge is 2.20. The Kier molecular flexibility index (Phi) is 6.61. The standard InChI is InChI=1S/C19H12Cl4N2O3S/c20-11-5-6-16(23)18(10-11)29(27,28)25-17-4-2-1-3-15(17)19(26)24-14-8-12(21)7-13(22)9-14/h1-10,25H,(H,24,26)/p-1. The highest BCUT2D eigenvalue weighted by atomic mass is 35.5. The van der Waals surface area contributed by atoms with Gasteiger partial charge in [0.25, 0.3) is 10.0 Å². The number of hydrogen-bond acceptors (Lipinski definition) is 4. The number of benzene rings is 3. The van der Waals surface area contributed by atoms with Crippen molar-refractivity contribution in [3.8, 4) is 0 Å². The number of anilines is 1. The minimum atomic E-state index is -4.11. The van der Waals surface area contributed by atoms with E-state index in [0.29, 0.717) is 10.0 Å².